The number of carbonyl (C=O) groups excluding carboxylic acids is 2. The van der Waals surface area contributed by atoms with Gasteiger partial charge in [-0.25, -0.2) is 13.2 Å². The Bertz CT molecular complexity index is 913. The summed E-state index contributed by atoms with van der Waals surface area (Å²) in [5.41, 5.74) is 1.43. The topological polar surface area (TPSA) is 92.8 Å². The number of aryl methyl sites for hydroxylation is 1. The van der Waals surface area contributed by atoms with Crippen molar-refractivity contribution in [2.24, 2.45) is 0 Å². The maximum Gasteiger partial charge on any atom is 0.341 e. The number of hydrogen-bond donors (Lipinski definition) is 1. The van der Waals surface area contributed by atoms with Crippen molar-refractivity contribution in [3.63, 3.8) is 0 Å². The number of anilines is 1. The summed E-state index contributed by atoms with van der Waals surface area (Å²) in [6, 6.07) is -0.260. The van der Waals surface area contributed by atoms with Gasteiger partial charge in [0.1, 0.15) is 5.00 Å². The molecule has 1 aliphatic carbocycles. The highest BCUT2D eigenvalue weighted by atomic mass is 32.2. The van der Waals surface area contributed by atoms with Crippen LogP contribution in [0.25, 0.3) is 0 Å². The van der Waals surface area contributed by atoms with Crippen molar-refractivity contribution in [2.45, 2.75) is 38.6 Å². The molecular weight excluding hydrogens is 400 g/mol. The molecule has 2 aliphatic rings. The Balaban J connectivity index is 1.74. The van der Waals surface area contributed by atoms with Crippen LogP contribution in [0, 0.1) is 12.3 Å². The van der Waals surface area contributed by atoms with Crippen molar-refractivity contribution in [2.75, 3.05) is 36.5 Å². The van der Waals surface area contributed by atoms with Gasteiger partial charge in [0.15, 0.2) is 9.84 Å². The Kier molecular flexibility index (Phi) is 6.43. The van der Waals surface area contributed by atoms with Crippen LogP contribution in [0.15, 0.2) is 0 Å². The van der Waals surface area contributed by atoms with Gasteiger partial charge >= 0.3 is 5.97 Å². The second kappa shape index (κ2) is 8.64. The van der Waals surface area contributed by atoms with Gasteiger partial charge in [-0.2, -0.15) is 0 Å². The number of hydrogen-bond acceptors (Lipinski definition) is 7. The molecule has 7 nitrogen and oxygen atoms in total. The fourth-order valence-electron chi connectivity index (χ4n) is 3.76. The largest absolute Gasteiger partial charge is 0.462 e. The van der Waals surface area contributed by atoms with E-state index >= 15 is 0 Å². The van der Waals surface area contributed by atoms with Crippen LogP contribution >= 0.6 is 11.3 Å². The third-order valence-electron chi connectivity index (χ3n) is 5.02. The van der Waals surface area contributed by atoms with Crippen molar-refractivity contribution in [1.82, 2.24) is 4.90 Å². The van der Waals surface area contributed by atoms with Crippen molar-refractivity contribution in [3.05, 3.63) is 16.0 Å². The Labute approximate surface area is 169 Å². The molecule has 9 heteroatoms. The average Bonchev–Trinajstić information content (AvgIpc) is 3.28. The molecule has 1 fully saturated rings. The number of terminal acetylenes is 1. The van der Waals surface area contributed by atoms with Gasteiger partial charge in [-0.15, -0.1) is 17.8 Å². The lowest BCUT2D eigenvalue weighted by Gasteiger charge is -2.25. The second-order valence-corrected chi connectivity index (χ2v) is 10.3. The van der Waals surface area contributed by atoms with E-state index in [0.717, 1.165) is 29.7 Å². The summed E-state index contributed by atoms with van der Waals surface area (Å²) in [7, 11) is -3.08. The maximum atomic E-state index is 12.7. The van der Waals surface area contributed by atoms with Crippen LogP contribution in [-0.4, -0.2) is 62.4 Å². The monoisotopic (exact) mass is 424 g/mol. The molecule has 3 rings (SSSR count). The lowest BCUT2D eigenvalue weighted by Crippen LogP contribution is -2.41. The zero-order valence-corrected chi connectivity index (χ0v) is 17.5. The normalized spacial score (nSPS) is 20.0. The third-order valence-corrected chi connectivity index (χ3v) is 7.98. The van der Waals surface area contributed by atoms with Gasteiger partial charge in [0.2, 0.25) is 5.91 Å². The van der Waals surface area contributed by atoms with Gasteiger partial charge in [0, 0.05) is 10.9 Å². The van der Waals surface area contributed by atoms with Crippen molar-refractivity contribution in [1.29, 1.82) is 0 Å². The Morgan fingerprint density at radius 1 is 1.39 bits per heavy atom. The summed E-state index contributed by atoms with van der Waals surface area (Å²) in [6.45, 7) is 2.19. The molecule has 1 atom stereocenters. The molecule has 0 aromatic carbocycles. The van der Waals surface area contributed by atoms with Crippen LogP contribution in [0.5, 0.6) is 0 Å². The summed E-state index contributed by atoms with van der Waals surface area (Å²) >= 11 is 1.42. The number of fused-ring (bicyclic) bond motifs is 1. The summed E-state index contributed by atoms with van der Waals surface area (Å²) in [5, 5.41) is 3.34. The molecule has 152 valence electrons. The van der Waals surface area contributed by atoms with Gasteiger partial charge < -0.3 is 10.1 Å². The predicted octanol–water partition coefficient (Wildman–Crippen LogP) is 1.47. The number of ether oxygens (including phenoxy) is 1. The van der Waals surface area contributed by atoms with E-state index < -0.39 is 15.8 Å². The first-order chi connectivity index (χ1) is 13.3. The lowest BCUT2D eigenvalue weighted by molar-refractivity contribution is -0.117. The number of sulfone groups is 1. The van der Waals surface area contributed by atoms with Crippen molar-refractivity contribution in [3.8, 4) is 12.3 Å². The molecule has 1 N–H and O–H groups in total. The van der Waals surface area contributed by atoms with Gasteiger partial charge in [0.05, 0.1) is 36.8 Å². The SMILES string of the molecule is C#CCN(CC(=O)Nc1sc2c(c1C(=O)OCC)CCC2)C1CCS(=O)(=O)C1. The minimum Gasteiger partial charge on any atom is -0.462 e. The molecule has 1 unspecified atom stereocenters. The van der Waals surface area contributed by atoms with Gasteiger partial charge in [0.25, 0.3) is 0 Å². The minimum absolute atomic E-state index is 0.0172. The molecule has 1 aromatic heterocycles. The number of nitrogens with zero attached hydrogens (tertiary/aromatic N) is 1. The fraction of sp³-hybridized carbons (Fsp3) is 0.579. The van der Waals surface area contributed by atoms with Crippen molar-refractivity contribution < 1.29 is 22.7 Å². The van der Waals surface area contributed by atoms with E-state index in [1.165, 1.54) is 11.3 Å². The highest BCUT2D eigenvalue weighted by molar-refractivity contribution is 7.91. The highest BCUT2D eigenvalue weighted by Gasteiger charge is 2.33. The maximum absolute atomic E-state index is 12.7. The number of carbonyl (C=O) groups is 2. The summed E-state index contributed by atoms with van der Waals surface area (Å²) < 4.78 is 28.7. The van der Waals surface area contributed by atoms with E-state index in [0.29, 0.717) is 17.0 Å². The molecule has 1 aromatic rings. The molecule has 1 saturated heterocycles. The molecule has 1 amide bonds. The summed E-state index contributed by atoms with van der Waals surface area (Å²) in [5.74, 6) is 1.90. The van der Waals surface area contributed by atoms with Crippen LogP contribution in [0.1, 0.15) is 40.6 Å². The molecule has 1 aliphatic heterocycles. The highest BCUT2D eigenvalue weighted by Crippen LogP contribution is 2.39. The fourth-order valence-corrected chi connectivity index (χ4v) is 6.81. The molecule has 0 bridgehead atoms. The predicted molar refractivity (Wildman–Crippen MR) is 108 cm³/mol. The van der Waals surface area contributed by atoms with Crippen LogP contribution in [0.2, 0.25) is 0 Å². The van der Waals surface area contributed by atoms with Crippen LogP contribution < -0.4 is 5.32 Å². The number of nitrogens with one attached hydrogen (secondary N) is 1. The molecule has 2 heterocycles. The zero-order chi connectivity index (χ0) is 20.3. The average molecular weight is 425 g/mol. The first-order valence-corrected chi connectivity index (χ1v) is 12.0. The summed E-state index contributed by atoms with van der Waals surface area (Å²) in [6.07, 6.45) is 8.57. The van der Waals surface area contributed by atoms with Gasteiger partial charge in [-0.05, 0) is 38.2 Å². The van der Waals surface area contributed by atoms with E-state index in [9.17, 15) is 18.0 Å². The van der Waals surface area contributed by atoms with Gasteiger partial charge in [-0.3, -0.25) is 9.69 Å². The van der Waals surface area contributed by atoms with Crippen LogP contribution in [-0.2, 0) is 32.2 Å². The van der Waals surface area contributed by atoms with Gasteiger partial charge in [-0.1, -0.05) is 5.92 Å². The van der Waals surface area contributed by atoms with Crippen molar-refractivity contribution >= 4 is 38.1 Å². The number of esters is 1. The molecular formula is C19H24N2O5S2. The number of thiophene rings is 1. The van der Waals surface area contributed by atoms with E-state index in [4.69, 9.17) is 11.2 Å². The van der Waals surface area contributed by atoms with Crippen LogP contribution in [0.4, 0.5) is 5.00 Å². The Morgan fingerprint density at radius 3 is 2.82 bits per heavy atom. The van der Waals surface area contributed by atoms with E-state index in [1.807, 2.05) is 0 Å². The quantitative estimate of drug-likeness (QED) is 0.526. The van der Waals surface area contributed by atoms with E-state index in [-0.39, 0.29) is 43.2 Å². The summed E-state index contributed by atoms with van der Waals surface area (Å²) in [4.78, 5) is 27.9. The Hall–Kier alpha value is -1.89. The first-order valence-electron chi connectivity index (χ1n) is 9.34. The first kappa shape index (κ1) is 20.8. The molecule has 28 heavy (non-hydrogen) atoms. The van der Waals surface area contributed by atoms with Crippen LogP contribution in [0.3, 0.4) is 0 Å². The smallest absolute Gasteiger partial charge is 0.341 e. The Morgan fingerprint density at radius 2 is 2.18 bits per heavy atom. The molecule has 0 spiro atoms. The third kappa shape index (κ3) is 4.57. The zero-order valence-electron chi connectivity index (χ0n) is 15.8. The lowest BCUT2D eigenvalue weighted by atomic mass is 10.1. The molecule has 0 radical (unpaired) electrons. The second-order valence-electron chi connectivity index (χ2n) is 7.00. The van der Waals surface area contributed by atoms with E-state index in [2.05, 4.69) is 11.2 Å². The standard InChI is InChI=1S/C19H24N2O5S2/c1-3-9-21(13-8-10-28(24,25)12-13)11-16(22)20-18-17(19(23)26-4-2)14-6-5-7-15(14)27-18/h1,13H,4-12H2,2H3,(H,20,22). The minimum atomic E-state index is -3.08. The van der Waals surface area contributed by atoms with E-state index in [1.54, 1.807) is 11.8 Å². The number of rotatable bonds is 7. The number of amides is 1. The molecule has 0 saturated carbocycles.